The SMILES string of the molecule is COc1cc(N2CCN(C(=O)Cn3cc4ccncc4n3)CC2)ccc1Cl. The molecular weight excluding hydrogens is 366 g/mol. The Morgan fingerprint density at radius 3 is 2.78 bits per heavy atom. The van der Waals surface area contributed by atoms with Crippen molar-refractivity contribution in [2.45, 2.75) is 6.54 Å². The summed E-state index contributed by atoms with van der Waals surface area (Å²) in [6, 6.07) is 7.64. The number of aromatic nitrogens is 3. The summed E-state index contributed by atoms with van der Waals surface area (Å²) in [4.78, 5) is 20.8. The molecule has 1 fully saturated rings. The lowest BCUT2D eigenvalue weighted by Crippen LogP contribution is -2.49. The van der Waals surface area contributed by atoms with Crippen molar-refractivity contribution in [3.05, 3.63) is 47.9 Å². The molecule has 1 saturated heterocycles. The molecule has 0 unspecified atom stereocenters. The van der Waals surface area contributed by atoms with Crippen LogP contribution in [0.3, 0.4) is 0 Å². The van der Waals surface area contributed by atoms with Crippen LogP contribution in [-0.2, 0) is 11.3 Å². The first-order valence-electron chi connectivity index (χ1n) is 8.77. The third-order valence-corrected chi connectivity index (χ3v) is 5.10. The number of hydrogen-bond acceptors (Lipinski definition) is 5. The van der Waals surface area contributed by atoms with E-state index in [1.54, 1.807) is 24.2 Å². The van der Waals surface area contributed by atoms with Crippen LogP contribution in [0.15, 0.2) is 42.9 Å². The zero-order valence-corrected chi connectivity index (χ0v) is 15.8. The van der Waals surface area contributed by atoms with Gasteiger partial charge >= 0.3 is 0 Å². The summed E-state index contributed by atoms with van der Waals surface area (Å²) in [5.74, 6) is 0.733. The summed E-state index contributed by atoms with van der Waals surface area (Å²) in [7, 11) is 1.61. The predicted octanol–water partition coefficient (Wildman–Crippen LogP) is 2.44. The first kappa shape index (κ1) is 17.6. The van der Waals surface area contributed by atoms with Gasteiger partial charge in [0.25, 0.3) is 0 Å². The smallest absolute Gasteiger partial charge is 0.244 e. The lowest BCUT2D eigenvalue weighted by atomic mass is 10.2. The van der Waals surface area contributed by atoms with E-state index in [1.807, 2.05) is 35.4 Å². The van der Waals surface area contributed by atoms with E-state index >= 15 is 0 Å². The number of piperazine rings is 1. The number of carbonyl (C=O) groups excluding carboxylic acids is 1. The van der Waals surface area contributed by atoms with Crippen LogP contribution in [0.2, 0.25) is 5.02 Å². The van der Waals surface area contributed by atoms with Crippen LogP contribution in [0.25, 0.3) is 10.9 Å². The molecule has 0 saturated carbocycles. The summed E-state index contributed by atoms with van der Waals surface area (Å²) < 4.78 is 6.98. The van der Waals surface area contributed by atoms with Crippen molar-refractivity contribution in [1.82, 2.24) is 19.7 Å². The molecule has 0 spiro atoms. The Morgan fingerprint density at radius 1 is 1.22 bits per heavy atom. The van der Waals surface area contributed by atoms with E-state index in [-0.39, 0.29) is 12.5 Å². The summed E-state index contributed by atoms with van der Waals surface area (Å²) in [6.07, 6.45) is 5.31. The second kappa shape index (κ2) is 7.44. The standard InChI is InChI=1S/C19H20ClN5O2/c1-27-18-10-15(2-3-16(18)20)23-6-8-24(9-7-23)19(26)13-25-12-14-4-5-21-11-17(14)22-25/h2-5,10-12H,6-9,13H2,1H3. The number of nitrogens with zero attached hydrogens (tertiary/aromatic N) is 5. The number of fused-ring (bicyclic) bond motifs is 1. The number of pyridine rings is 1. The number of carbonyl (C=O) groups is 1. The molecule has 1 aliphatic rings. The number of benzene rings is 1. The maximum absolute atomic E-state index is 12.6. The normalized spacial score (nSPS) is 14.6. The molecule has 3 heterocycles. The average molecular weight is 386 g/mol. The van der Waals surface area contributed by atoms with Gasteiger partial charge in [0, 0.05) is 55.7 Å². The highest BCUT2D eigenvalue weighted by molar-refractivity contribution is 6.32. The molecule has 140 valence electrons. The average Bonchev–Trinajstić information content (AvgIpc) is 3.10. The lowest BCUT2D eigenvalue weighted by Gasteiger charge is -2.36. The molecule has 4 rings (SSSR count). The number of hydrogen-bond donors (Lipinski definition) is 0. The van der Waals surface area contributed by atoms with Gasteiger partial charge in [-0.3, -0.25) is 14.5 Å². The first-order chi connectivity index (χ1) is 13.1. The summed E-state index contributed by atoms with van der Waals surface area (Å²) >= 11 is 6.10. The van der Waals surface area contributed by atoms with Crippen molar-refractivity contribution in [3.8, 4) is 5.75 Å². The molecule has 3 aromatic rings. The minimum atomic E-state index is 0.0732. The Balaban J connectivity index is 1.37. The Kier molecular flexibility index (Phi) is 4.85. The number of halogens is 1. The van der Waals surface area contributed by atoms with Crippen LogP contribution in [0.1, 0.15) is 0 Å². The largest absolute Gasteiger partial charge is 0.495 e. The van der Waals surface area contributed by atoms with Crippen molar-refractivity contribution < 1.29 is 9.53 Å². The maximum atomic E-state index is 12.6. The van der Waals surface area contributed by atoms with Crippen molar-refractivity contribution in [3.63, 3.8) is 0 Å². The first-order valence-corrected chi connectivity index (χ1v) is 9.15. The second-order valence-corrected chi connectivity index (χ2v) is 6.86. The van der Waals surface area contributed by atoms with Gasteiger partial charge in [0.1, 0.15) is 17.8 Å². The minimum absolute atomic E-state index is 0.0732. The van der Waals surface area contributed by atoms with Gasteiger partial charge < -0.3 is 14.5 Å². The van der Waals surface area contributed by atoms with E-state index in [1.165, 1.54) is 0 Å². The van der Waals surface area contributed by atoms with Crippen LogP contribution in [0, 0.1) is 0 Å². The fraction of sp³-hybridized carbons (Fsp3) is 0.316. The summed E-state index contributed by atoms with van der Waals surface area (Å²) in [5, 5.41) is 5.99. The van der Waals surface area contributed by atoms with Crippen molar-refractivity contribution >= 4 is 34.1 Å². The third-order valence-electron chi connectivity index (χ3n) is 4.79. The van der Waals surface area contributed by atoms with Gasteiger partial charge in [0.05, 0.1) is 18.3 Å². The molecule has 1 aromatic carbocycles. The van der Waals surface area contributed by atoms with Crippen molar-refractivity contribution in [2.24, 2.45) is 0 Å². The molecule has 7 nitrogen and oxygen atoms in total. The highest BCUT2D eigenvalue weighted by Crippen LogP contribution is 2.29. The van der Waals surface area contributed by atoms with Crippen LogP contribution >= 0.6 is 11.6 Å². The molecule has 0 bridgehead atoms. The fourth-order valence-electron chi connectivity index (χ4n) is 3.30. The summed E-state index contributed by atoms with van der Waals surface area (Å²) in [5.41, 5.74) is 1.85. The molecule has 0 radical (unpaired) electrons. The molecule has 0 atom stereocenters. The number of ether oxygens (including phenoxy) is 1. The summed E-state index contributed by atoms with van der Waals surface area (Å²) in [6.45, 7) is 3.12. The van der Waals surface area contributed by atoms with Crippen LogP contribution < -0.4 is 9.64 Å². The lowest BCUT2D eigenvalue weighted by molar-refractivity contribution is -0.132. The van der Waals surface area contributed by atoms with Crippen LogP contribution in [0.5, 0.6) is 5.75 Å². The van der Waals surface area contributed by atoms with Crippen LogP contribution in [0.4, 0.5) is 5.69 Å². The van der Waals surface area contributed by atoms with E-state index in [0.29, 0.717) is 23.9 Å². The molecule has 1 aliphatic heterocycles. The third kappa shape index (κ3) is 3.68. The maximum Gasteiger partial charge on any atom is 0.244 e. The van der Waals surface area contributed by atoms with E-state index in [4.69, 9.17) is 16.3 Å². The molecule has 8 heteroatoms. The van der Waals surface area contributed by atoms with Gasteiger partial charge in [0.15, 0.2) is 0 Å². The minimum Gasteiger partial charge on any atom is -0.495 e. The Hall–Kier alpha value is -2.80. The number of amides is 1. The monoisotopic (exact) mass is 385 g/mol. The van der Waals surface area contributed by atoms with Gasteiger partial charge in [-0.25, -0.2) is 0 Å². The molecule has 2 aromatic heterocycles. The van der Waals surface area contributed by atoms with E-state index in [0.717, 1.165) is 29.7 Å². The Bertz CT molecular complexity index is 933. The fourth-order valence-corrected chi connectivity index (χ4v) is 3.49. The Morgan fingerprint density at radius 2 is 2.04 bits per heavy atom. The van der Waals surface area contributed by atoms with Crippen molar-refractivity contribution in [1.29, 1.82) is 0 Å². The molecule has 27 heavy (non-hydrogen) atoms. The quantitative estimate of drug-likeness (QED) is 0.690. The molecule has 0 N–H and O–H groups in total. The highest BCUT2D eigenvalue weighted by atomic mass is 35.5. The number of methoxy groups -OCH3 is 1. The van der Waals surface area contributed by atoms with Gasteiger partial charge in [0.2, 0.25) is 5.91 Å². The van der Waals surface area contributed by atoms with Crippen molar-refractivity contribution in [2.75, 3.05) is 38.2 Å². The van der Waals surface area contributed by atoms with Gasteiger partial charge in [-0.2, -0.15) is 5.10 Å². The second-order valence-electron chi connectivity index (χ2n) is 6.45. The Labute approximate surface area is 162 Å². The zero-order chi connectivity index (χ0) is 18.8. The van der Waals surface area contributed by atoms with Gasteiger partial charge in [-0.15, -0.1) is 0 Å². The molecule has 0 aliphatic carbocycles. The molecular formula is C19H20ClN5O2. The predicted molar refractivity (Wildman–Crippen MR) is 104 cm³/mol. The highest BCUT2D eigenvalue weighted by Gasteiger charge is 2.22. The number of anilines is 1. The van der Waals surface area contributed by atoms with Gasteiger partial charge in [-0.05, 0) is 18.2 Å². The van der Waals surface area contributed by atoms with Gasteiger partial charge in [-0.1, -0.05) is 11.6 Å². The zero-order valence-electron chi connectivity index (χ0n) is 15.0. The topological polar surface area (TPSA) is 63.5 Å². The van der Waals surface area contributed by atoms with E-state index < -0.39 is 0 Å². The van der Waals surface area contributed by atoms with E-state index in [2.05, 4.69) is 15.0 Å². The van der Waals surface area contributed by atoms with E-state index in [9.17, 15) is 4.79 Å². The van der Waals surface area contributed by atoms with Crippen LogP contribution in [-0.4, -0.2) is 58.9 Å². The number of rotatable bonds is 4. The molecule has 1 amide bonds.